The highest BCUT2D eigenvalue weighted by molar-refractivity contribution is 5.66. The fourth-order valence-corrected chi connectivity index (χ4v) is 3.01. The van der Waals surface area contributed by atoms with Crippen LogP contribution in [0.5, 0.6) is 0 Å². The van der Waals surface area contributed by atoms with Gasteiger partial charge >= 0.3 is 0 Å². The number of nitrogens with zero attached hydrogens (tertiary/aromatic N) is 2. The Bertz CT molecular complexity index is 408. The van der Waals surface area contributed by atoms with Gasteiger partial charge in [0.05, 0.1) is 0 Å². The van der Waals surface area contributed by atoms with Crippen LogP contribution in [0.1, 0.15) is 19.4 Å². The number of nitrogens with one attached hydrogen (secondary N) is 2. The molecular weight excluding hydrogens is 212 g/mol. The molecule has 3 rings (SSSR count). The summed E-state index contributed by atoms with van der Waals surface area (Å²) in [5.74, 6) is 1.08. The van der Waals surface area contributed by atoms with Crippen LogP contribution in [-0.4, -0.2) is 36.7 Å². The van der Waals surface area contributed by atoms with Gasteiger partial charge in [-0.2, -0.15) is 0 Å². The minimum atomic E-state index is 0.553. The summed E-state index contributed by atoms with van der Waals surface area (Å²) in [5.41, 5.74) is 2.77. The molecular formula is C13H20N4. The van der Waals surface area contributed by atoms with Crippen LogP contribution in [0.15, 0.2) is 12.3 Å². The molecule has 0 unspecified atom stereocenters. The van der Waals surface area contributed by atoms with E-state index in [0.29, 0.717) is 12.1 Å². The third-order valence-corrected chi connectivity index (χ3v) is 3.60. The molecule has 1 fully saturated rings. The first kappa shape index (κ1) is 10.8. The monoisotopic (exact) mass is 232 g/mol. The number of hydrogen-bond donors (Lipinski definition) is 2. The maximum absolute atomic E-state index is 4.40. The normalized spacial score (nSPS) is 27.8. The molecule has 0 bridgehead atoms. The Hall–Kier alpha value is -1.29. The van der Waals surface area contributed by atoms with Crippen LogP contribution < -0.4 is 15.5 Å². The number of anilines is 2. The third-order valence-electron chi connectivity index (χ3n) is 3.60. The molecule has 0 amide bonds. The van der Waals surface area contributed by atoms with Crippen molar-refractivity contribution in [1.82, 2.24) is 10.3 Å². The predicted molar refractivity (Wildman–Crippen MR) is 70.7 cm³/mol. The first-order chi connectivity index (χ1) is 8.24. The summed E-state index contributed by atoms with van der Waals surface area (Å²) in [6.07, 6.45) is 3.02. The second kappa shape index (κ2) is 4.18. The van der Waals surface area contributed by atoms with Crippen LogP contribution in [0.25, 0.3) is 0 Å². The first-order valence-electron chi connectivity index (χ1n) is 6.47. The number of aromatic nitrogens is 1. The van der Waals surface area contributed by atoms with Gasteiger partial charge in [-0.25, -0.2) is 4.98 Å². The average Bonchev–Trinajstić information content (AvgIpc) is 2.75. The van der Waals surface area contributed by atoms with Crippen molar-refractivity contribution in [3.8, 4) is 0 Å². The number of piperazine rings is 1. The molecule has 0 aromatic carbocycles. The Morgan fingerprint density at radius 2 is 2.06 bits per heavy atom. The second-order valence-corrected chi connectivity index (χ2v) is 5.21. The Morgan fingerprint density at radius 1 is 1.29 bits per heavy atom. The smallest absolute Gasteiger partial charge is 0.131 e. The topological polar surface area (TPSA) is 40.2 Å². The van der Waals surface area contributed by atoms with E-state index in [1.54, 1.807) is 0 Å². The van der Waals surface area contributed by atoms with E-state index in [9.17, 15) is 0 Å². The zero-order chi connectivity index (χ0) is 11.8. The minimum Gasteiger partial charge on any atom is -0.369 e. The van der Waals surface area contributed by atoms with Gasteiger partial charge < -0.3 is 15.5 Å². The number of pyridine rings is 1. The summed E-state index contributed by atoms with van der Waals surface area (Å²) >= 11 is 0. The SMILES string of the molecule is C[C@@H]1CN(c2ccnc3c2CCN3)C[C@H](C)N1. The van der Waals surface area contributed by atoms with Gasteiger partial charge in [-0.05, 0) is 26.3 Å². The van der Waals surface area contributed by atoms with Gasteiger partial charge in [-0.15, -0.1) is 0 Å². The average molecular weight is 232 g/mol. The van der Waals surface area contributed by atoms with Crippen LogP contribution in [0.3, 0.4) is 0 Å². The van der Waals surface area contributed by atoms with Gasteiger partial charge in [0.1, 0.15) is 5.82 Å². The molecule has 92 valence electrons. The van der Waals surface area contributed by atoms with Gasteiger partial charge in [0.2, 0.25) is 0 Å². The fraction of sp³-hybridized carbons (Fsp3) is 0.615. The van der Waals surface area contributed by atoms with E-state index in [1.807, 2.05) is 6.20 Å². The van der Waals surface area contributed by atoms with E-state index in [2.05, 4.69) is 40.4 Å². The van der Waals surface area contributed by atoms with Crippen molar-refractivity contribution >= 4 is 11.5 Å². The Balaban J connectivity index is 1.91. The maximum Gasteiger partial charge on any atom is 0.131 e. The van der Waals surface area contributed by atoms with Crippen LogP contribution >= 0.6 is 0 Å². The molecule has 2 atom stereocenters. The van der Waals surface area contributed by atoms with Crippen molar-refractivity contribution in [2.75, 3.05) is 29.9 Å². The van der Waals surface area contributed by atoms with E-state index in [1.165, 1.54) is 11.3 Å². The summed E-state index contributed by atoms with van der Waals surface area (Å²) in [6.45, 7) is 7.70. The Kier molecular flexibility index (Phi) is 2.67. The van der Waals surface area contributed by atoms with Crippen molar-refractivity contribution in [3.05, 3.63) is 17.8 Å². The summed E-state index contributed by atoms with van der Waals surface area (Å²) < 4.78 is 0. The molecule has 0 radical (unpaired) electrons. The molecule has 0 saturated carbocycles. The summed E-state index contributed by atoms with van der Waals surface area (Å²) in [7, 11) is 0. The van der Waals surface area contributed by atoms with Crippen molar-refractivity contribution in [3.63, 3.8) is 0 Å². The quantitative estimate of drug-likeness (QED) is 0.764. The number of fused-ring (bicyclic) bond motifs is 1. The summed E-state index contributed by atoms with van der Waals surface area (Å²) in [5, 5.41) is 6.92. The van der Waals surface area contributed by atoms with Gasteiger partial charge in [-0.3, -0.25) is 0 Å². The largest absolute Gasteiger partial charge is 0.369 e. The predicted octanol–water partition coefficient (Wildman–Crippen LogP) is 1.24. The second-order valence-electron chi connectivity index (χ2n) is 5.21. The lowest BCUT2D eigenvalue weighted by Crippen LogP contribution is -2.54. The van der Waals surface area contributed by atoms with E-state index < -0.39 is 0 Å². The van der Waals surface area contributed by atoms with E-state index in [4.69, 9.17) is 0 Å². The molecule has 1 aromatic rings. The summed E-state index contributed by atoms with van der Waals surface area (Å²) in [6, 6.07) is 3.27. The van der Waals surface area contributed by atoms with Crippen molar-refractivity contribution in [2.24, 2.45) is 0 Å². The van der Waals surface area contributed by atoms with Crippen LogP contribution in [0, 0.1) is 0 Å². The van der Waals surface area contributed by atoms with Crippen LogP contribution in [0.4, 0.5) is 11.5 Å². The first-order valence-corrected chi connectivity index (χ1v) is 6.47. The molecule has 2 aliphatic heterocycles. The maximum atomic E-state index is 4.40. The lowest BCUT2D eigenvalue weighted by atomic mass is 10.1. The molecule has 17 heavy (non-hydrogen) atoms. The fourth-order valence-electron chi connectivity index (χ4n) is 3.01. The zero-order valence-electron chi connectivity index (χ0n) is 10.5. The number of rotatable bonds is 1. The Morgan fingerprint density at radius 3 is 2.82 bits per heavy atom. The van der Waals surface area contributed by atoms with E-state index in [-0.39, 0.29) is 0 Å². The lowest BCUT2D eigenvalue weighted by molar-refractivity contribution is 0.406. The summed E-state index contributed by atoms with van der Waals surface area (Å²) in [4.78, 5) is 6.90. The van der Waals surface area contributed by atoms with Crippen molar-refractivity contribution in [1.29, 1.82) is 0 Å². The van der Waals surface area contributed by atoms with Crippen molar-refractivity contribution in [2.45, 2.75) is 32.4 Å². The third kappa shape index (κ3) is 1.97. The van der Waals surface area contributed by atoms with Gasteiger partial charge in [0.25, 0.3) is 0 Å². The highest BCUT2D eigenvalue weighted by atomic mass is 15.2. The molecule has 1 aromatic heterocycles. The molecule has 4 nitrogen and oxygen atoms in total. The Labute approximate surface area is 102 Å². The lowest BCUT2D eigenvalue weighted by Gasteiger charge is -2.38. The highest BCUT2D eigenvalue weighted by Gasteiger charge is 2.25. The zero-order valence-corrected chi connectivity index (χ0v) is 10.5. The molecule has 3 heterocycles. The van der Waals surface area contributed by atoms with E-state index >= 15 is 0 Å². The van der Waals surface area contributed by atoms with Crippen LogP contribution in [0.2, 0.25) is 0 Å². The standard InChI is InChI=1S/C13H20N4/c1-9-7-17(8-10(2)16-9)12-4-6-15-13-11(12)3-5-14-13/h4,6,9-10,16H,3,5,7-8H2,1-2H3,(H,14,15)/t9-,10+. The van der Waals surface area contributed by atoms with Crippen molar-refractivity contribution < 1.29 is 0 Å². The van der Waals surface area contributed by atoms with Gasteiger partial charge in [-0.1, -0.05) is 0 Å². The highest BCUT2D eigenvalue weighted by Crippen LogP contribution is 2.30. The minimum absolute atomic E-state index is 0.553. The molecule has 4 heteroatoms. The van der Waals surface area contributed by atoms with E-state index in [0.717, 1.165) is 31.9 Å². The van der Waals surface area contributed by atoms with Gasteiger partial charge in [0, 0.05) is 49.2 Å². The molecule has 0 aliphatic carbocycles. The number of hydrogen-bond acceptors (Lipinski definition) is 4. The van der Waals surface area contributed by atoms with Crippen LogP contribution in [-0.2, 0) is 6.42 Å². The molecule has 0 spiro atoms. The molecule has 1 saturated heterocycles. The molecule has 2 N–H and O–H groups in total. The molecule has 2 aliphatic rings. The van der Waals surface area contributed by atoms with Gasteiger partial charge in [0.15, 0.2) is 0 Å².